The van der Waals surface area contributed by atoms with Crippen molar-refractivity contribution >= 4 is 23.1 Å². The molecule has 6 heteroatoms. The quantitative estimate of drug-likeness (QED) is 0.360. The Morgan fingerprint density at radius 2 is 1.94 bits per heavy atom. The summed E-state index contributed by atoms with van der Waals surface area (Å²) in [6, 6.07) is 16.5. The largest absolute Gasteiger partial charge is 0.473 e. The molecule has 1 aliphatic rings. The predicted octanol–water partition coefficient (Wildman–Crippen LogP) is 7.19. The Morgan fingerprint density at radius 1 is 1.15 bits per heavy atom. The van der Waals surface area contributed by atoms with Gasteiger partial charge in [0.15, 0.2) is 0 Å². The number of pyridine rings is 1. The molecule has 0 N–H and O–H groups in total. The topological polar surface area (TPSA) is 48.4 Å². The van der Waals surface area contributed by atoms with Crippen molar-refractivity contribution in [3.63, 3.8) is 0 Å². The first-order chi connectivity index (χ1) is 16.0. The monoisotopic (exact) mass is 467 g/mol. The molecule has 0 spiro atoms. The van der Waals surface area contributed by atoms with Crippen LogP contribution < -0.4 is 4.74 Å². The lowest BCUT2D eigenvalue weighted by atomic mass is 10.0. The number of benzene rings is 2. The van der Waals surface area contributed by atoms with Crippen molar-refractivity contribution < 1.29 is 18.7 Å². The smallest absolute Gasteiger partial charge is 0.341 e. The van der Waals surface area contributed by atoms with Crippen molar-refractivity contribution in [2.24, 2.45) is 0 Å². The van der Waals surface area contributed by atoms with Crippen LogP contribution in [0.15, 0.2) is 66.9 Å². The van der Waals surface area contributed by atoms with Crippen molar-refractivity contribution in [1.29, 1.82) is 0 Å². The highest BCUT2D eigenvalue weighted by Gasteiger charge is 2.15. The Bertz CT molecular complexity index is 1120. The first-order valence-corrected chi connectivity index (χ1v) is 11.3. The maximum Gasteiger partial charge on any atom is 0.341 e. The lowest BCUT2D eigenvalue weighted by Gasteiger charge is -2.07. The molecule has 0 bridgehead atoms. The number of allylic oxidation sites excluding steroid dienone is 2. The Balaban J connectivity index is 0.000000186. The number of carbonyl (C=O) groups excluding carboxylic acids is 1. The van der Waals surface area contributed by atoms with Crippen LogP contribution in [0.4, 0.5) is 4.39 Å². The summed E-state index contributed by atoms with van der Waals surface area (Å²) in [4.78, 5) is 15.7. The number of hydrogen-bond donors (Lipinski definition) is 0. The van der Waals surface area contributed by atoms with Crippen LogP contribution >= 0.6 is 11.6 Å². The lowest BCUT2D eigenvalue weighted by Crippen LogP contribution is -2.07. The zero-order valence-electron chi connectivity index (χ0n) is 18.8. The maximum absolute atomic E-state index is 13.5. The van der Waals surface area contributed by atoms with Gasteiger partial charge in [0.25, 0.3) is 0 Å². The first-order valence-electron chi connectivity index (χ1n) is 10.9. The molecule has 172 valence electrons. The Hall–Kier alpha value is -3.18. The van der Waals surface area contributed by atoms with Crippen molar-refractivity contribution in [2.45, 2.75) is 39.7 Å². The van der Waals surface area contributed by atoms with E-state index in [4.69, 9.17) is 21.1 Å². The highest BCUT2D eigenvalue weighted by Crippen LogP contribution is 2.28. The van der Waals surface area contributed by atoms with Crippen LogP contribution in [0.3, 0.4) is 0 Å². The molecule has 4 rings (SSSR count). The minimum Gasteiger partial charge on any atom is -0.473 e. The van der Waals surface area contributed by atoms with Crippen molar-refractivity contribution in [2.75, 3.05) is 6.61 Å². The van der Waals surface area contributed by atoms with E-state index in [0.717, 1.165) is 36.0 Å². The Kier molecular flexibility index (Phi) is 9.02. The first kappa shape index (κ1) is 24.5. The molecule has 3 aromatic rings. The van der Waals surface area contributed by atoms with Crippen LogP contribution in [0, 0.1) is 12.7 Å². The molecule has 1 aromatic heterocycles. The van der Waals surface area contributed by atoms with Gasteiger partial charge in [0.05, 0.1) is 17.2 Å². The van der Waals surface area contributed by atoms with Gasteiger partial charge in [0, 0.05) is 11.8 Å². The molecular weight excluding hydrogens is 441 g/mol. The van der Waals surface area contributed by atoms with Crippen molar-refractivity contribution in [3.8, 4) is 5.88 Å². The van der Waals surface area contributed by atoms with Gasteiger partial charge in [-0.3, -0.25) is 0 Å². The molecule has 0 fully saturated rings. The van der Waals surface area contributed by atoms with E-state index in [1.54, 1.807) is 25.3 Å². The van der Waals surface area contributed by atoms with E-state index in [0.29, 0.717) is 17.5 Å². The molecular formula is C27H27ClFNO3. The summed E-state index contributed by atoms with van der Waals surface area (Å²) in [5.74, 6) is -0.482. The molecule has 0 amide bonds. The van der Waals surface area contributed by atoms with E-state index >= 15 is 0 Å². The highest BCUT2D eigenvalue weighted by atomic mass is 35.5. The number of aromatic nitrogens is 1. The van der Waals surface area contributed by atoms with Gasteiger partial charge < -0.3 is 9.47 Å². The standard InChI is InChI=1S/C14H15FO2.C13H12ClNO/c1-2-17-14(16)12-9-11(7-8-13(12)15)10-5-3-4-6-10;1-10-7-12(14)8-15-13(10)16-9-11-5-3-2-4-6-11/h5,7-9H,2-4,6H2,1H3;2-8H,9H2,1H3. The molecule has 0 saturated carbocycles. The second kappa shape index (κ2) is 12.2. The summed E-state index contributed by atoms with van der Waals surface area (Å²) in [6.07, 6.45) is 6.91. The Morgan fingerprint density at radius 3 is 2.61 bits per heavy atom. The average molecular weight is 468 g/mol. The maximum atomic E-state index is 13.5. The van der Waals surface area contributed by atoms with Gasteiger partial charge in [0.2, 0.25) is 5.88 Å². The summed E-state index contributed by atoms with van der Waals surface area (Å²) in [5.41, 5.74) is 4.21. The van der Waals surface area contributed by atoms with E-state index in [2.05, 4.69) is 11.1 Å². The van der Waals surface area contributed by atoms with Crippen LogP contribution in [0.2, 0.25) is 5.02 Å². The van der Waals surface area contributed by atoms with Gasteiger partial charge >= 0.3 is 5.97 Å². The molecule has 2 aromatic carbocycles. The van der Waals surface area contributed by atoms with Gasteiger partial charge in [-0.2, -0.15) is 0 Å². The van der Waals surface area contributed by atoms with Crippen LogP contribution in [0.5, 0.6) is 5.88 Å². The fourth-order valence-corrected chi connectivity index (χ4v) is 3.64. The summed E-state index contributed by atoms with van der Waals surface area (Å²) >= 11 is 5.82. The number of esters is 1. The van der Waals surface area contributed by atoms with Gasteiger partial charge in [0.1, 0.15) is 12.4 Å². The summed E-state index contributed by atoms with van der Waals surface area (Å²) in [7, 11) is 0. The number of ether oxygens (including phenoxy) is 2. The van der Waals surface area contributed by atoms with Gasteiger partial charge in [-0.15, -0.1) is 0 Å². The lowest BCUT2D eigenvalue weighted by molar-refractivity contribution is 0.0521. The van der Waals surface area contributed by atoms with Gasteiger partial charge in [-0.25, -0.2) is 14.2 Å². The second-order valence-corrected chi connectivity index (χ2v) is 8.02. The molecule has 0 atom stereocenters. The number of rotatable bonds is 6. The molecule has 0 saturated heterocycles. The number of halogens is 2. The van der Waals surface area contributed by atoms with E-state index in [9.17, 15) is 9.18 Å². The fraction of sp³-hybridized carbons (Fsp3) is 0.259. The fourth-order valence-electron chi connectivity index (χ4n) is 3.43. The summed E-state index contributed by atoms with van der Waals surface area (Å²) in [6.45, 7) is 4.42. The van der Waals surface area contributed by atoms with Crippen LogP contribution in [0.1, 0.15) is 53.2 Å². The minimum absolute atomic E-state index is 0.0251. The third-order valence-corrected chi connectivity index (χ3v) is 5.30. The second-order valence-electron chi connectivity index (χ2n) is 7.59. The average Bonchev–Trinajstić information content (AvgIpc) is 3.35. The predicted molar refractivity (Wildman–Crippen MR) is 129 cm³/mol. The summed E-state index contributed by atoms with van der Waals surface area (Å²) in [5, 5.41) is 0.629. The molecule has 1 heterocycles. The van der Waals surface area contributed by atoms with Gasteiger partial charge in [-0.05, 0) is 68.0 Å². The molecule has 4 nitrogen and oxygen atoms in total. The zero-order valence-corrected chi connectivity index (χ0v) is 19.6. The molecule has 0 unspecified atom stereocenters. The minimum atomic E-state index is -0.592. The van der Waals surface area contributed by atoms with Crippen LogP contribution in [0.25, 0.3) is 5.57 Å². The highest BCUT2D eigenvalue weighted by molar-refractivity contribution is 6.30. The SMILES string of the molecule is CCOC(=O)c1cc(C2=CCCC2)ccc1F.Cc1cc(Cl)cnc1OCc1ccccc1. The number of nitrogens with zero attached hydrogens (tertiary/aromatic N) is 1. The number of carbonyl (C=O) groups is 1. The van der Waals surface area contributed by atoms with E-state index in [1.165, 1.54) is 11.6 Å². The molecule has 0 aliphatic heterocycles. The summed E-state index contributed by atoms with van der Waals surface area (Å²) < 4.78 is 23.9. The normalized spacial score (nSPS) is 12.4. The number of hydrogen-bond acceptors (Lipinski definition) is 4. The van der Waals surface area contributed by atoms with Crippen molar-refractivity contribution in [3.05, 3.63) is 100.0 Å². The van der Waals surface area contributed by atoms with E-state index in [-0.39, 0.29) is 12.2 Å². The van der Waals surface area contributed by atoms with Gasteiger partial charge in [-0.1, -0.05) is 54.1 Å². The molecule has 1 aliphatic carbocycles. The van der Waals surface area contributed by atoms with E-state index < -0.39 is 11.8 Å². The third-order valence-electron chi connectivity index (χ3n) is 5.09. The third kappa shape index (κ3) is 7.16. The number of aryl methyl sites for hydroxylation is 1. The zero-order chi connectivity index (χ0) is 23.6. The molecule has 0 radical (unpaired) electrons. The van der Waals surface area contributed by atoms with Crippen LogP contribution in [-0.2, 0) is 11.3 Å². The molecule has 33 heavy (non-hydrogen) atoms. The van der Waals surface area contributed by atoms with Crippen LogP contribution in [-0.4, -0.2) is 17.6 Å². The van der Waals surface area contributed by atoms with Crippen molar-refractivity contribution in [1.82, 2.24) is 4.98 Å². The Labute approximate surface area is 199 Å². The van der Waals surface area contributed by atoms with E-state index in [1.807, 2.05) is 43.3 Å².